The van der Waals surface area contributed by atoms with E-state index in [0.717, 1.165) is 23.7 Å². The Kier molecular flexibility index (Phi) is 4.35. The van der Waals surface area contributed by atoms with Crippen LogP contribution in [0.15, 0.2) is 26.0 Å². The fourth-order valence-electron chi connectivity index (χ4n) is 3.16. The van der Waals surface area contributed by atoms with E-state index in [1.165, 1.54) is 0 Å². The number of halogens is 2. The zero-order valence-electron chi connectivity index (χ0n) is 11.3. The largest absolute Gasteiger partial charge is 0.398 e. The lowest BCUT2D eigenvalue weighted by Gasteiger charge is -2.37. The molecule has 2 atom stereocenters. The molecular formula is C13H16Br2N2O3S. The summed E-state index contributed by atoms with van der Waals surface area (Å²) in [7, 11) is -3.63. The molecule has 2 unspecified atom stereocenters. The van der Waals surface area contributed by atoms with Crippen LogP contribution >= 0.6 is 31.9 Å². The normalized spacial score (nSPS) is 26.8. The Morgan fingerprint density at radius 1 is 1.29 bits per heavy atom. The van der Waals surface area contributed by atoms with Crippen molar-refractivity contribution in [3.05, 3.63) is 21.1 Å². The molecule has 1 aromatic carbocycles. The van der Waals surface area contributed by atoms with E-state index in [9.17, 15) is 8.42 Å². The van der Waals surface area contributed by atoms with Crippen LogP contribution in [0.1, 0.15) is 19.3 Å². The minimum Gasteiger partial charge on any atom is -0.398 e. The third-order valence-corrected chi connectivity index (χ3v) is 7.42. The van der Waals surface area contributed by atoms with Crippen LogP contribution in [0, 0.1) is 0 Å². The summed E-state index contributed by atoms with van der Waals surface area (Å²) in [4.78, 5) is 0.151. The number of hydrogen-bond acceptors (Lipinski definition) is 4. The molecule has 5 nitrogen and oxygen atoms in total. The first kappa shape index (κ1) is 15.7. The highest BCUT2D eigenvalue weighted by Crippen LogP contribution is 2.38. The van der Waals surface area contributed by atoms with Gasteiger partial charge in [-0.25, -0.2) is 8.42 Å². The minimum absolute atomic E-state index is 0.0176. The van der Waals surface area contributed by atoms with Gasteiger partial charge in [0.2, 0.25) is 10.0 Å². The number of morpholine rings is 1. The average molecular weight is 440 g/mol. The number of hydrogen-bond donors (Lipinski definition) is 1. The SMILES string of the molecule is Nc1cc(Br)cc(Br)c1S(=O)(=O)N1CCOC2CCCC21. The van der Waals surface area contributed by atoms with Crippen LogP contribution in [-0.2, 0) is 14.8 Å². The Hall–Kier alpha value is -0.150. The fourth-order valence-corrected chi connectivity index (χ4v) is 6.84. The second-order valence-corrected chi connectivity index (χ2v) is 8.93. The van der Waals surface area contributed by atoms with Crippen molar-refractivity contribution in [3.63, 3.8) is 0 Å². The van der Waals surface area contributed by atoms with E-state index in [2.05, 4.69) is 31.9 Å². The van der Waals surface area contributed by atoms with Gasteiger partial charge < -0.3 is 10.5 Å². The molecule has 2 fully saturated rings. The van der Waals surface area contributed by atoms with E-state index in [1.54, 1.807) is 16.4 Å². The monoisotopic (exact) mass is 438 g/mol. The molecule has 1 aliphatic carbocycles. The van der Waals surface area contributed by atoms with Crippen LogP contribution in [0.2, 0.25) is 0 Å². The highest BCUT2D eigenvalue weighted by molar-refractivity contribution is 9.11. The molecule has 2 aliphatic rings. The Balaban J connectivity index is 2.04. The number of nitrogens with zero attached hydrogens (tertiary/aromatic N) is 1. The molecule has 1 saturated heterocycles. The average Bonchev–Trinajstić information content (AvgIpc) is 2.84. The van der Waals surface area contributed by atoms with Crippen LogP contribution in [0.3, 0.4) is 0 Å². The molecule has 0 amide bonds. The maximum atomic E-state index is 13.0. The molecule has 0 aromatic heterocycles. The summed E-state index contributed by atoms with van der Waals surface area (Å²) in [6.07, 6.45) is 2.79. The second-order valence-electron chi connectivity index (χ2n) is 5.33. The molecule has 1 saturated carbocycles. The molecule has 3 rings (SSSR count). The molecule has 0 bridgehead atoms. The fraction of sp³-hybridized carbons (Fsp3) is 0.538. The molecule has 0 radical (unpaired) electrons. The van der Waals surface area contributed by atoms with Gasteiger partial charge >= 0.3 is 0 Å². The summed E-state index contributed by atoms with van der Waals surface area (Å²) >= 11 is 6.64. The molecule has 116 valence electrons. The lowest BCUT2D eigenvalue weighted by molar-refractivity contribution is -0.0241. The van der Waals surface area contributed by atoms with Crippen molar-refractivity contribution in [1.82, 2.24) is 4.31 Å². The van der Waals surface area contributed by atoms with Crippen molar-refractivity contribution < 1.29 is 13.2 Å². The van der Waals surface area contributed by atoms with Gasteiger partial charge in [0, 0.05) is 15.5 Å². The van der Waals surface area contributed by atoms with Gasteiger partial charge in [-0.2, -0.15) is 4.31 Å². The van der Waals surface area contributed by atoms with E-state index in [-0.39, 0.29) is 22.7 Å². The van der Waals surface area contributed by atoms with Crippen molar-refractivity contribution in [2.75, 3.05) is 18.9 Å². The van der Waals surface area contributed by atoms with Gasteiger partial charge in [0.05, 0.1) is 24.4 Å². The Bertz CT molecular complexity index is 642. The summed E-state index contributed by atoms with van der Waals surface area (Å²) in [5, 5.41) is 0. The smallest absolute Gasteiger partial charge is 0.246 e. The van der Waals surface area contributed by atoms with Gasteiger partial charge in [-0.15, -0.1) is 0 Å². The maximum Gasteiger partial charge on any atom is 0.246 e. The highest BCUT2D eigenvalue weighted by atomic mass is 79.9. The van der Waals surface area contributed by atoms with Gasteiger partial charge in [0.15, 0.2) is 0 Å². The summed E-state index contributed by atoms with van der Waals surface area (Å²) in [6, 6.07) is 3.25. The van der Waals surface area contributed by atoms with Crippen molar-refractivity contribution in [2.45, 2.75) is 36.3 Å². The zero-order valence-corrected chi connectivity index (χ0v) is 15.2. The quantitative estimate of drug-likeness (QED) is 0.719. The van der Waals surface area contributed by atoms with Crippen LogP contribution in [0.5, 0.6) is 0 Å². The number of fused-ring (bicyclic) bond motifs is 1. The first-order valence-corrected chi connectivity index (χ1v) is 9.82. The maximum absolute atomic E-state index is 13.0. The third kappa shape index (κ3) is 2.76. The van der Waals surface area contributed by atoms with Gasteiger partial charge in [0.25, 0.3) is 0 Å². The Labute approximate surface area is 141 Å². The van der Waals surface area contributed by atoms with Gasteiger partial charge in [-0.1, -0.05) is 15.9 Å². The third-order valence-electron chi connectivity index (χ3n) is 4.03. The van der Waals surface area contributed by atoms with Gasteiger partial charge in [-0.3, -0.25) is 0 Å². The molecule has 8 heteroatoms. The van der Waals surface area contributed by atoms with Crippen LogP contribution in [0.4, 0.5) is 5.69 Å². The Morgan fingerprint density at radius 3 is 2.76 bits per heavy atom. The number of sulfonamides is 1. The zero-order chi connectivity index (χ0) is 15.2. The number of rotatable bonds is 2. The van der Waals surface area contributed by atoms with E-state index >= 15 is 0 Å². The number of nitrogens with two attached hydrogens (primary N) is 1. The second kappa shape index (κ2) is 5.81. The summed E-state index contributed by atoms with van der Waals surface area (Å²) in [5.41, 5.74) is 6.20. The summed E-state index contributed by atoms with van der Waals surface area (Å²) in [5.74, 6) is 0. The highest BCUT2D eigenvalue weighted by Gasteiger charge is 2.43. The van der Waals surface area contributed by atoms with E-state index in [0.29, 0.717) is 17.6 Å². The molecular weight excluding hydrogens is 424 g/mol. The number of anilines is 1. The minimum atomic E-state index is -3.63. The predicted octanol–water partition coefficient (Wildman–Crippen LogP) is 2.74. The lowest BCUT2D eigenvalue weighted by atomic mass is 10.2. The van der Waals surface area contributed by atoms with Crippen LogP contribution < -0.4 is 5.73 Å². The van der Waals surface area contributed by atoms with Crippen molar-refractivity contribution in [1.29, 1.82) is 0 Å². The number of benzene rings is 1. The van der Waals surface area contributed by atoms with Gasteiger partial charge in [0.1, 0.15) is 4.90 Å². The number of ether oxygens (including phenoxy) is 1. The van der Waals surface area contributed by atoms with E-state index < -0.39 is 10.0 Å². The molecule has 1 heterocycles. The molecule has 2 N–H and O–H groups in total. The summed E-state index contributed by atoms with van der Waals surface area (Å²) in [6.45, 7) is 0.819. The van der Waals surface area contributed by atoms with Crippen LogP contribution in [-0.4, -0.2) is 38.0 Å². The molecule has 1 aromatic rings. The first-order chi connectivity index (χ1) is 9.91. The molecule has 0 spiro atoms. The van der Waals surface area contributed by atoms with Crippen molar-refractivity contribution in [2.24, 2.45) is 0 Å². The molecule has 21 heavy (non-hydrogen) atoms. The lowest BCUT2D eigenvalue weighted by Crippen LogP contribution is -2.51. The number of nitrogen functional groups attached to an aromatic ring is 1. The predicted molar refractivity (Wildman–Crippen MR) is 87.5 cm³/mol. The summed E-state index contributed by atoms with van der Waals surface area (Å²) < 4.78 is 34.5. The van der Waals surface area contributed by atoms with Crippen molar-refractivity contribution in [3.8, 4) is 0 Å². The topological polar surface area (TPSA) is 72.6 Å². The Morgan fingerprint density at radius 2 is 2.05 bits per heavy atom. The van der Waals surface area contributed by atoms with Crippen LogP contribution in [0.25, 0.3) is 0 Å². The van der Waals surface area contributed by atoms with E-state index in [4.69, 9.17) is 10.5 Å². The first-order valence-electron chi connectivity index (χ1n) is 6.79. The van der Waals surface area contributed by atoms with Gasteiger partial charge in [-0.05, 0) is 47.3 Å². The molecule has 1 aliphatic heterocycles. The van der Waals surface area contributed by atoms with Crippen molar-refractivity contribution >= 4 is 47.6 Å². The van der Waals surface area contributed by atoms with E-state index in [1.807, 2.05) is 0 Å². The standard InChI is InChI=1S/C13H16Br2N2O3S/c14-8-6-9(15)13(10(16)7-8)21(18,19)17-4-5-20-12-3-1-2-11(12)17/h6-7,11-12H,1-5,16H2.